The average Bonchev–Trinajstić information content (AvgIpc) is 2.88. The van der Waals surface area contributed by atoms with Crippen molar-refractivity contribution in [3.05, 3.63) is 114 Å². The lowest BCUT2D eigenvalue weighted by atomic mass is 9.76. The maximum atomic E-state index is 11.9. The number of hydrogen-bond donors (Lipinski definition) is 2. The predicted octanol–water partition coefficient (Wildman–Crippen LogP) is 6.54. The Morgan fingerprint density at radius 2 is 1.29 bits per heavy atom. The molecule has 0 aliphatic carbocycles. The van der Waals surface area contributed by atoms with E-state index in [4.69, 9.17) is 9.47 Å². The van der Waals surface area contributed by atoms with Crippen molar-refractivity contribution < 1.29 is 24.5 Å². The molecule has 0 atom stereocenters. The van der Waals surface area contributed by atoms with Crippen LogP contribution in [0.25, 0.3) is 11.1 Å². The molecule has 0 saturated heterocycles. The summed E-state index contributed by atoms with van der Waals surface area (Å²) in [5.41, 5.74) is 2.39. The highest BCUT2D eigenvalue weighted by Gasteiger charge is 2.27. The van der Waals surface area contributed by atoms with Crippen molar-refractivity contribution in [1.82, 2.24) is 0 Å². The summed E-state index contributed by atoms with van der Waals surface area (Å²) < 4.78 is 11.5. The molecule has 5 nitrogen and oxygen atoms in total. The average molecular weight is 469 g/mol. The minimum Gasteiger partial charge on any atom is -0.506 e. The molecule has 0 unspecified atom stereocenters. The van der Waals surface area contributed by atoms with Crippen LogP contribution in [0, 0.1) is 0 Å². The quantitative estimate of drug-likeness (QED) is 0.273. The molecule has 0 saturated carbocycles. The van der Waals surface area contributed by atoms with Crippen LogP contribution in [0.2, 0.25) is 0 Å². The molecule has 4 aromatic carbocycles. The van der Waals surface area contributed by atoms with Gasteiger partial charge in [0, 0.05) is 11.0 Å². The second-order valence-corrected chi connectivity index (χ2v) is 8.75. The van der Waals surface area contributed by atoms with E-state index in [0.29, 0.717) is 18.8 Å². The van der Waals surface area contributed by atoms with E-state index < -0.39 is 11.4 Å². The summed E-state index contributed by atoms with van der Waals surface area (Å²) in [5, 5.41) is 20.4. The van der Waals surface area contributed by atoms with Gasteiger partial charge in [-0.05, 0) is 53.1 Å². The predicted molar refractivity (Wildman–Crippen MR) is 137 cm³/mol. The Balaban J connectivity index is 1.53. The van der Waals surface area contributed by atoms with Crippen LogP contribution >= 0.6 is 0 Å². The van der Waals surface area contributed by atoms with Gasteiger partial charge in [0.2, 0.25) is 0 Å². The molecule has 0 aliphatic rings. The number of benzene rings is 4. The highest BCUT2D eigenvalue weighted by atomic mass is 16.5. The Morgan fingerprint density at radius 3 is 1.86 bits per heavy atom. The number of hydrogen-bond acceptors (Lipinski definition) is 4. The molecule has 5 heteroatoms. The minimum atomic E-state index is -1.17. The Labute approximate surface area is 205 Å². The zero-order valence-electron chi connectivity index (χ0n) is 19.8. The lowest BCUT2D eigenvalue weighted by molar-refractivity contribution is 0.0693. The van der Waals surface area contributed by atoms with Crippen molar-refractivity contribution in [3.63, 3.8) is 0 Å². The van der Waals surface area contributed by atoms with E-state index in [0.717, 1.165) is 28.2 Å². The summed E-state index contributed by atoms with van der Waals surface area (Å²) in [6.07, 6.45) is 0. The van der Waals surface area contributed by atoms with Crippen LogP contribution in [-0.2, 0) is 5.41 Å². The van der Waals surface area contributed by atoms with Gasteiger partial charge in [0.1, 0.15) is 36.0 Å². The van der Waals surface area contributed by atoms with Crippen molar-refractivity contribution in [2.75, 3.05) is 13.2 Å². The van der Waals surface area contributed by atoms with Crippen LogP contribution < -0.4 is 9.47 Å². The summed E-state index contributed by atoms with van der Waals surface area (Å²) in [4.78, 5) is 11.9. The number of carbonyl (C=O) groups is 1. The van der Waals surface area contributed by atoms with Crippen LogP contribution in [0.4, 0.5) is 0 Å². The number of ether oxygens (including phenoxy) is 2. The highest BCUT2D eigenvalue weighted by Crippen LogP contribution is 2.40. The number of aromatic hydroxyl groups is 1. The van der Waals surface area contributed by atoms with Gasteiger partial charge in [-0.2, -0.15) is 0 Å². The topological polar surface area (TPSA) is 76.0 Å². The van der Waals surface area contributed by atoms with Gasteiger partial charge in [-0.15, -0.1) is 0 Å². The van der Waals surface area contributed by atoms with Crippen molar-refractivity contribution in [2.24, 2.45) is 0 Å². The van der Waals surface area contributed by atoms with Gasteiger partial charge in [-0.3, -0.25) is 0 Å². The van der Waals surface area contributed by atoms with E-state index in [1.807, 2.05) is 105 Å². The first kappa shape index (κ1) is 23.9. The fourth-order valence-corrected chi connectivity index (χ4v) is 3.97. The van der Waals surface area contributed by atoms with Gasteiger partial charge < -0.3 is 19.7 Å². The van der Waals surface area contributed by atoms with Crippen LogP contribution in [0.1, 0.15) is 35.3 Å². The maximum absolute atomic E-state index is 11.9. The van der Waals surface area contributed by atoms with Crippen molar-refractivity contribution in [1.29, 1.82) is 0 Å². The molecule has 0 fully saturated rings. The zero-order chi connectivity index (χ0) is 24.8. The molecule has 4 aromatic rings. The Hall–Kier alpha value is -4.25. The molecule has 2 N–H and O–H groups in total. The van der Waals surface area contributed by atoms with Crippen LogP contribution in [-0.4, -0.2) is 29.4 Å². The summed E-state index contributed by atoms with van der Waals surface area (Å²) in [6, 6.07) is 30.1. The summed E-state index contributed by atoms with van der Waals surface area (Å²) in [6.45, 7) is 4.91. The first-order valence-electron chi connectivity index (χ1n) is 11.4. The first-order chi connectivity index (χ1) is 16.9. The number of para-hydroxylation sites is 1. The van der Waals surface area contributed by atoms with Gasteiger partial charge >= 0.3 is 5.97 Å². The third kappa shape index (κ3) is 5.46. The number of carboxylic acid groups (broad SMARTS) is 1. The first-order valence-corrected chi connectivity index (χ1v) is 11.4. The lowest BCUT2D eigenvalue weighted by Crippen LogP contribution is -2.20. The molecule has 0 bridgehead atoms. The molecule has 178 valence electrons. The SMILES string of the molecule is CC(C)(c1ccc(OCCOc2ccccc2)cc1)c1cc(C(=O)O)c(O)c(-c2ccccc2)c1. The standard InChI is InChI=1S/C30H28O5/c1-30(2,22-13-15-25(16-14-22)35-18-17-34-24-11-7-4-8-12-24)23-19-26(21-9-5-3-6-10-21)28(31)27(20-23)29(32)33/h3-16,19-20,31H,17-18H2,1-2H3,(H,32,33). The molecule has 0 amide bonds. The van der Waals surface area contributed by atoms with E-state index in [9.17, 15) is 15.0 Å². The molecular weight excluding hydrogens is 440 g/mol. The van der Waals surface area contributed by atoms with Crippen molar-refractivity contribution >= 4 is 5.97 Å². The second-order valence-electron chi connectivity index (χ2n) is 8.75. The molecule has 0 heterocycles. The van der Waals surface area contributed by atoms with Gasteiger partial charge in [0.25, 0.3) is 0 Å². The third-order valence-corrected chi connectivity index (χ3v) is 6.09. The Bertz CT molecular complexity index is 1280. The van der Waals surface area contributed by atoms with E-state index in [1.54, 1.807) is 6.07 Å². The fourth-order valence-electron chi connectivity index (χ4n) is 3.97. The van der Waals surface area contributed by atoms with Gasteiger partial charge in [-0.1, -0.05) is 74.5 Å². The van der Waals surface area contributed by atoms with Crippen LogP contribution in [0.5, 0.6) is 17.2 Å². The van der Waals surface area contributed by atoms with Crippen molar-refractivity contribution in [3.8, 4) is 28.4 Å². The normalized spacial score (nSPS) is 11.1. The highest BCUT2D eigenvalue weighted by molar-refractivity contribution is 5.94. The Morgan fingerprint density at radius 1 is 0.743 bits per heavy atom. The largest absolute Gasteiger partial charge is 0.506 e. The van der Waals surface area contributed by atoms with E-state index in [2.05, 4.69) is 0 Å². The fraction of sp³-hybridized carbons (Fsp3) is 0.167. The van der Waals surface area contributed by atoms with E-state index >= 15 is 0 Å². The maximum Gasteiger partial charge on any atom is 0.339 e. The molecule has 0 aliphatic heterocycles. The van der Waals surface area contributed by atoms with Crippen LogP contribution in [0.3, 0.4) is 0 Å². The minimum absolute atomic E-state index is 0.118. The van der Waals surface area contributed by atoms with E-state index in [1.165, 1.54) is 0 Å². The third-order valence-electron chi connectivity index (χ3n) is 6.09. The zero-order valence-corrected chi connectivity index (χ0v) is 19.8. The number of rotatable bonds is 9. The summed E-state index contributed by atoms with van der Waals surface area (Å²) in [5.74, 6) is 0.129. The van der Waals surface area contributed by atoms with Gasteiger partial charge in [0.15, 0.2) is 0 Å². The number of phenols is 1. The smallest absolute Gasteiger partial charge is 0.339 e. The summed E-state index contributed by atoms with van der Waals surface area (Å²) in [7, 11) is 0. The number of aromatic carboxylic acids is 1. The van der Waals surface area contributed by atoms with Crippen molar-refractivity contribution in [2.45, 2.75) is 19.3 Å². The van der Waals surface area contributed by atoms with Crippen LogP contribution in [0.15, 0.2) is 97.1 Å². The summed E-state index contributed by atoms with van der Waals surface area (Å²) >= 11 is 0. The lowest BCUT2D eigenvalue weighted by Gasteiger charge is -2.28. The molecular formula is C30H28O5. The molecule has 0 spiro atoms. The van der Waals surface area contributed by atoms with Gasteiger partial charge in [0.05, 0.1) is 0 Å². The Kier molecular flexibility index (Phi) is 7.06. The molecule has 0 radical (unpaired) electrons. The molecule has 0 aromatic heterocycles. The molecule has 4 rings (SSSR count). The molecule has 35 heavy (non-hydrogen) atoms. The second kappa shape index (κ2) is 10.3. The van der Waals surface area contributed by atoms with Gasteiger partial charge in [-0.25, -0.2) is 4.79 Å². The number of carboxylic acids is 1. The van der Waals surface area contributed by atoms with E-state index in [-0.39, 0.29) is 11.3 Å². The monoisotopic (exact) mass is 468 g/mol.